The van der Waals surface area contributed by atoms with Crippen LogP contribution in [0.5, 0.6) is 0 Å². The molecule has 1 aliphatic heterocycles. The fraction of sp³-hybridized carbons (Fsp3) is 0.583. The largest absolute Gasteiger partial charge is 0.381 e. The third kappa shape index (κ3) is 3.19. The second kappa shape index (κ2) is 5.64. The van der Waals surface area contributed by atoms with Crippen molar-refractivity contribution in [3.8, 4) is 0 Å². The van der Waals surface area contributed by atoms with E-state index in [4.69, 9.17) is 4.74 Å². The molecule has 0 aromatic carbocycles. The summed E-state index contributed by atoms with van der Waals surface area (Å²) in [5, 5.41) is 3.40. The predicted octanol–water partition coefficient (Wildman–Crippen LogP) is 2.99. The molecule has 0 amide bonds. The number of pyridine rings is 1. The maximum Gasteiger partial charge on any atom is 0.128 e. The summed E-state index contributed by atoms with van der Waals surface area (Å²) < 4.78 is 6.48. The highest BCUT2D eigenvalue weighted by atomic mass is 79.9. The van der Waals surface area contributed by atoms with Crippen LogP contribution in [0.1, 0.15) is 18.4 Å². The highest BCUT2D eigenvalue weighted by Gasteiger charge is 2.13. The van der Waals surface area contributed by atoms with Gasteiger partial charge in [-0.1, -0.05) is 0 Å². The number of hydrogen-bond donors (Lipinski definition) is 1. The molecule has 2 rings (SSSR count). The SMILES string of the molecule is Cc1cc(Br)cnc1NCC1CCCOC1. The quantitative estimate of drug-likeness (QED) is 0.927. The fourth-order valence-electron chi connectivity index (χ4n) is 1.93. The molecule has 1 aliphatic rings. The molecular weight excluding hydrogens is 268 g/mol. The van der Waals surface area contributed by atoms with Gasteiger partial charge in [-0.2, -0.15) is 0 Å². The minimum atomic E-state index is 0.624. The molecule has 2 heterocycles. The number of halogens is 1. The van der Waals surface area contributed by atoms with E-state index in [0.717, 1.165) is 30.0 Å². The number of rotatable bonds is 3. The molecule has 88 valence electrons. The lowest BCUT2D eigenvalue weighted by Gasteiger charge is -2.22. The van der Waals surface area contributed by atoms with Crippen LogP contribution >= 0.6 is 15.9 Å². The van der Waals surface area contributed by atoms with Gasteiger partial charge in [0, 0.05) is 23.8 Å². The molecule has 1 N–H and O–H groups in total. The van der Waals surface area contributed by atoms with E-state index in [-0.39, 0.29) is 0 Å². The van der Waals surface area contributed by atoms with Crippen molar-refractivity contribution < 1.29 is 4.74 Å². The number of nitrogens with one attached hydrogen (secondary N) is 1. The van der Waals surface area contributed by atoms with Crippen molar-refractivity contribution in [3.63, 3.8) is 0 Å². The summed E-state index contributed by atoms with van der Waals surface area (Å²) in [7, 11) is 0. The third-order valence-electron chi connectivity index (χ3n) is 2.86. The van der Waals surface area contributed by atoms with Crippen molar-refractivity contribution in [1.29, 1.82) is 0 Å². The Morgan fingerprint density at radius 3 is 3.19 bits per heavy atom. The Balaban J connectivity index is 1.88. The average Bonchev–Trinajstić information content (AvgIpc) is 2.29. The van der Waals surface area contributed by atoms with Gasteiger partial charge < -0.3 is 10.1 Å². The predicted molar refractivity (Wildman–Crippen MR) is 68.7 cm³/mol. The lowest BCUT2D eigenvalue weighted by atomic mass is 10.0. The zero-order valence-corrected chi connectivity index (χ0v) is 11.1. The van der Waals surface area contributed by atoms with E-state index in [0.29, 0.717) is 5.92 Å². The van der Waals surface area contributed by atoms with Crippen LogP contribution in [-0.4, -0.2) is 24.7 Å². The van der Waals surface area contributed by atoms with Crippen LogP contribution in [0.2, 0.25) is 0 Å². The molecule has 3 nitrogen and oxygen atoms in total. The van der Waals surface area contributed by atoms with Crippen molar-refractivity contribution >= 4 is 21.7 Å². The van der Waals surface area contributed by atoms with E-state index in [1.807, 2.05) is 6.20 Å². The zero-order valence-electron chi connectivity index (χ0n) is 9.50. The van der Waals surface area contributed by atoms with Gasteiger partial charge in [-0.25, -0.2) is 4.98 Å². The van der Waals surface area contributed by atoms with Gasteiger partial charge in [0.25, 0.3) is 0 Å². The number of aromatic nitrogens is 1. The van der Waals surface area contributed by atoms with Crippen LogP contribution in [0.15, 0.2) is 16.7 Å². The minimum absolute atomic E-state index is 0.624. The standard InChI is InChI=1S/C12H17BrN2O/c1-9-5-11(13)7-15-12(9)14-6-10-3-2-4-16-8-10/h5,7,10H,2-4,6,8H2,1H3,(H,14,15). The van der Waals surface area contributed by atoms with Crippen LogP contribution in [0.3, 0.4) is 0 Å². The summed E-state index contributed by atoms with van der Waals surface area (Å²) in [5.74, 6) is 1.60. The van der Waals surface area contributed by atoms with E-state index in [1.165, 1.54) is 18.4 Å². The first kappa shape index (κ1) is 11.9. The van der Waals surface area contributed by atoms with Gasteiger partial charge >= 0.3 is 0 Å². The van der Waals surface area contributed by atoms with E-state index in [1.54, 1.807) is 0 Å². The molecule has 1 atom stereocenters. The van der Waals surface area contributed by atoms with Crippen LogP contribution < -0.4 is 5.32 Å². The Morgan fingerprint density at radius 1 is 1.62 bits per heavy atom. The number of nitrogens with zero attached hydrogens (tertiary/aromatic N) is 1. The third-order valence-corrected chi connectivity index (χ3v) is 3.29. The Kier molecular flexibility index (Phi) is 4.18. The van der Waals surface area contributed by atoms with Gasteiger partial charge in [-0.05, 0) is 53.2 Å². The summed E-state index contributed by atoms with van der Waals surface area (Å²) in [6.45, 7) is 4.82. The molecule has 1 unspecified atom stereocenters. The summed E-state index contributed by atoms with van der Waals surface area (Å²) in [6, 6.07) is 2.08. The Hall–Kier alpha value is -0.610. The molecular formula is C12H17BrN2O. The first-order valence-electron chi connectivity index (χ1n) is 5.69. The maximum absolute atomic E-state index is 5.45. The Bertz CT molecular complexity index is 351. The van der Waals surface area contributed by atoms with Crippen molar-refractivity contribution in [3.05, 3.63) is 22.3 Å². The van der Waals surface area contributed by atoms with Gasteiger partial charge in [0.15, 0.2) is 0 Å². The summed E-state index contributed by atoms with van der Waals surface area (Å²) in [5.41, 5.74) is 1.17. The summed E-state index contributed by atoms with van der Waals surface area (Å²) in [4.78, 5) is 4.36. The summed E-state index contributed by atoms with van der Waals surface area (Å²) >= 11 is 3.41. The van der Waals surface area contributed by atoms with Crippen LogP contribution in [0.25, 0.3) is 0 Å². The maximum atomic E-state index is 5.45. The zero-order chi connectivity index (χ0) is 11.4. The molecule has 0 saturated carbocycles. The van der Waals surface area contributed by atoms with E-state index < -0.39 is 0 Å². The second-order valence-electron chi connectivity index (χ2n) is 4.28. The normalized spacial score (nSPS) is 20.8. The van der Waals surface area contributed by atoms with Crippen LogP contribution in [0, 0.1) is 12.8 Å². The topological polar surface area (TPSA) is 34.2 Å². The van der Waals surface area contributed by atoms with E-state index >= 15 is 0 Å². The number of anilines is 1. The van der Waals surface area contributed by atoms with Gasteiger partial charge in [-0.15, -0.1) is 0 Å². The highest BCUT2D eigenvalue weighted by molar-refractivity contribution is 9.10. The molecule has 0 aliphatic carbocycles. The molecule has 0 spiro atoms. The van der Waals surface area contributed by atoms with Gasteiger partial charge in [-0.3, -0.25) is 0 Å². The molecule has 1 aromatic rings. The fourth-order valence-corrected chi connectivity index (χ4v) is 2.38. The monoisotopic (exact) mass is 284 g/mol. The summed E-state index contributed by atoms with van der Waals surface area (Å²) in [6.07, 6.45) is 4.26. The smallest absolute Gasteiger partial charge is 0.128 e. The van der Waals surface area contributed by atoms with Crippen molar-refractivity contribution in [2.45, 2.75) is 19.8 Å². The van der Waals surface area contributed by atoms with Crippen molar-refractivity contribution in [1.82, 2.24) is 4.98 Å². The first-order valence-corrected chi connectivity index (χ1v) is 6.49. The van der Waals surface area contributed by atoms with E-state index in [9.17, 15) is 0 Å². The van der Waals surface area contributed by atoms with Crippen molar-refractivity contribution in [2.24, 2.45) is 5.92 Å². The average molecular weight is 285 g/mol. The Labute approximate surface area is 105 Å². The lowest BCUT2D eigenvalue weighted by molar-refractivity contribution is 0.0595. The number of aryl methyl sites for hydroxylation is 1. The highest BCUT2D eigenvalue weighted by Crippen LogP contribution is 2.18. The molecule has 0 radical (unpaired) electrons. The molecule has 1 aromatic heterocycles. The molecule has 16 heavy (non-hydrogen) atoms. The molecule has 1 fully saturated rings. The lowest BCUT2D eigenvalue weighted by Crippen LogP contribution is -2.24. The number of hydrogen-bond acceptors (Lipinski definition) is 3. The molecule has 1 saturated heterocycles. The van der Waals surface area contributed by atoms with Crippen molar-refractivity contribution in [2.75, 3.05) is 25.1 Å². The first-order chi connectivity index (χ1) is 7.75. The van der Waals surface area contributed by atoms with Crippen LogP contribution in [-0.2, 0) is 4.74 Å². The van der Waals surface area contributed by atoms with E-state index in [2.05, 4.69) is 39.2 Å². The van der Waals surface area contributed by atoms with Gasteiger partial charge in [0.05, 0.1) is 6.61 Å². The second-order valence-corrected chi connectivity index (χ2v) is 5.20. The van der Waals surface area contributed by atoms with Crippen LogP contribution in [0.4, 0.5) is 5.82 Å². The van der Waals surface area contributed by atoms with Gasteiger partial charge in [0.1, 0.15) is 5.82 Å². The minimum Gasteiger partial charge on any atom is -0.381 e. The van der Waals surface area contributed by atoms with Gasteiger partial charge in [0.2, 0.25) is 0 Å². The number of ether oxygens (including phenoxy) is 1. The Morgan fingerprint density at radius 2 is 2.50 bits per heavy atom. The molecule has 4 heteroatoms. The molecule has 0 bridgehead atoms.